The van der Waals surface area contributed by atoms with Crippen LogP contribution in [0.5, 0.6) is 0 Å². The van der Waals surface area contributed by atoms with Crippen molar-refractivity contribution in [1.29, 1.82) is 0 Å². The number of aryl methyl sites for hydroxylation is 3. The minimum absolute atomic E-state index is 0.0609. The summed E-state index contributed by atoms with van der Waals surface area (Å²) in [7, 11) is 1.92. The highest BCUT2D eigenvalue weighted by Gasteiger charge is 2.15. The number of fused-ring (bicyclic) bond motifs is 1. The average molecular weight is 340 g/mol. The van der Waals surface area contributed by atoms with Crippen LogP contribution < -0.4 is 5.32 Å². The fraction of sp³-hybridized carbons (Fsp3) is 0.389. The summed E-state index contributed by atoms with van der Waals surface area (Å²) in [5, 5.41) is 9.90. The summed E-state index contributed by atoms with van der Waals surface area (Å²) in [6, 6.07) is 8.10. The first-order valence-electron chi connectivity index (χ1n) is 8.43. The van der Waals surface area contributed by atoms with E-state index in [0.29, 0.717) is 6.54 Å². The van der Waals surface area contributed by atoms with Gasteiger partial charge in [-0.3, -0.25) is 14.8 Å². The van der Waals surface area contributed by atoms with Crippen LogP contribution in [0.1, 0.15) is 24.1 Å². The Bertz CT molecular complexity index is 875. The second-order valence-electron chi connectivity index (χ2n) is 6.29. The van der Waals surface area contributed by atoms with Crippen molar-refractivity contribution >= 4 is 22.6 Å². The molecule has 0 saturated carbocycles. The summed E-state index contributed by atoms with van der Waals surface area (Å²) in [6.07, 6.45) is 0. The summed E-state index contributed by atoms with van der Waals surface area (Å²) in [5.74, 6) is 0.906. The van der Waals surface area contributed by atoms with Crippen LogP contribution in [0.25, 0.3) is 11.0 Å². The van der Waals surface area contributed by atoms with E-state index in [1.54, 1.807) is 0 Å². The Hall–Kier alpha value is -2.67. The lowest BCUT2D eigenvalue weighted by Crippen LogP contribution is -2.31. The molecule has 132 valence electrons. The lowest BCUT2D eigenvalue weighted by atomic mass is 10.3. The zero-order valence-corrected chi connectivity index (χ0v) is 15.1. The number of nitrogens with one attached hydrogen (secondary N) is 2. The normalized spacial score (nSPS) is 11.4. The van der Waals surface area contributed by atoms with E-state index >= 15 is 0 Å². The molecule has 0 aliphatic carbocycles. The van der Waals surface area contributed by atoms with Crippen LogP contribution in [-0.4, -0.2) is 44.1 Å². The molecule has 2 aromatic heterocycles. The number of aromatic nitrogens is 4. The third-order valence-electron chi connectivity index (χ3n) is 4.27. The van der Waals surface area contributed by atoms with Crippen molar-refractivity contribution in [2.45, 2.75) is 33.9 Å². The van der Waals surface area contributed by atoms with Gasteiger partial charge >= 0.3 is 0 Å². The van der Waals surface area contributed by atoms with E-state index in [4.69, 9.17) is 4.98 Å². The summed E-state index contributed by atoms with van der Waals surface area (Å²) < 4.78 is 2.19. The van der Waals surface area contributed by atoms with Crippen LogP contribution in [-0.2, 0) is 17.9 Å². The third-order valence-corrected chi connectivity index (χ3v) is 4.27. The summed E-state index contributed by atoms with van der Waals surface area (Å²) in [6.45, 7) is 7.61. The number of anilines is 1. The maximum absolute atomic E-state index is 12.3. The number of carbonyl (C=O) groups is 1. The maximum atomic E-state index is 12.3. The van der Waals surface area contributed by atoms with Crippen molar-refractivity contribution in [1.82, 2.24) is 24.6 Å². The third kappa shape index (κ3) is 3.56. The Morgan fingerprint density at radius 3 is 2.76 bits per heavy atom. The number of rotatable bonds is 6. The van der Waals surface area contributed by atoms with Gasteiger partial charge in [0.05, 0.1) is 41.2 Å². The molecule has 0 aliphatic heterocycles. The van der Waals surface area contributed by atoms with Gasteiger partial charge in [0.25, 0.3) is 0 Å². The van der Waals surface area contributed by atoms with Crippen LogP contribution >= 0.6 is 0 Å². The highest BCUT2D eigenvalue weighted by atomic mass is 16.2. The molecule has 1 amide bonds. The lowest BCUT2D eigenvalue weighted by Gasteiger charge is -2.17. The quantitative estimate of drug-likeness (QED) is 0.722. The summed E-state index contributed by atoms with van der Waals surface area (Å²) in [4.78, 5) is 19.0. The molecule has 1 aromatic carbocycles. The van der Waals surface area contributed by atoms with Gasteiger partial charge in [0, 0.05) is 6.54 Å². The molecule has 0 fully saturated rings. The number of amides is 1. The molecular formula is C18H24N6O. The van der Waals surface area contributed by atoms with Crippen molar-refractivity contribution in [3.05, 3.63) is 41.5 Å². The van der Waals surface area contributed by atoms with E-state index in [9.17, 15) is 4.79 Å². The number of carbonyl (C=O) groups excluding carboxylic acids is 1. The summed E-state index contributed by atoms with van der Waals surface area (Å²) in [5.41, 5.74) is 4.53. The lowest BCUT2D eigenvalue weighted by molar-refractivity contribution is -0.117. The SMILES string of the molecule is CCn1c(CN(C)CC(=O)Nc2c(C)n[nH]c2C)nc2ccccc21. The zero-order valence-electron chi connectivity index (χ0n) is 15.1. The Morgan fingerprint density at radius 2 is 2.08 bits per heavy atom. The van der Waals surface area contributed by atoms with Crippen molar-refractivity contribution in [3.8, 4) is 0 Å². The smallest absolute Gasteiger partial charge is 0.238 e. The number of aromatic amines is 1. The topological polar surface area (TPSA) is 78.8 Å². The van der Waals surface area contributed by atoms with Crippen molar-refractivity contribution in [3.63, 3.8) is 0 Å². The number of hydrogen-bond donors (Lipinski definition) is 2. The molecule has 2 N–H and O–H groups in total. The van der Waals surface area contributed by atoms with Crippen molar-refractivity contribution in [2.75, 3.05) is 18.9 Å². The first kappa shape index (κ1) is 17.2. The fourth-order valence-electron chi connectivity index (χ4n) is 3.06. The van der Waals surface area contributed by atoms with Crippen LogP contribution in [0.3, 0.4) is 0 Å². The number of benzene rings is 1. The number of likely N-dealkylation sites (N-methyl/N-ethyl adjacent to an activating group) is 1. The van der Waals surface area contributed by atoms with Gasteiger partial charge in [0.15, 0.2) is 0 Å². The number of H-pyrrole nitrogens is 1. The molecule has 0 unspecified atom stereocenters. The molecule has 0 bridgehead atoms. The van der Waals surface area contributed by atoms with E-state index in [0.717, 1.165) is 40.5 Å². The molecule has 0 atom stereocenters. The average Bonchev–Trinajstić information content (AvgIpc) is 3.08. The van der Waals surface area contributed by atoms with Gasteiger partial charge in [0.1, 0.15) is 5.82 Å². The van der Waals surface area contributed by atoms with E-state index in [2.05, 4.69) is 33.1 Å². The second-order valence-corrected chi connectivity index (χ2v) is 6.29. The van der Waals surface area contributed by atoms with Gasteiger partial charge in [-0.1, -0.05) is 12.1 Å². The van der Waals surface area contributed by atoms with Gasteiger partial charge in [-0.25, -0.2) is 4.98 Å². The molecule has 25 heavy (non-hydrogen) atoms. The predicted molar refractivity (Wildman–Crippen MR) is 98.4 cm³/mol. The Kier molecular flexibility index (Phi) is 4.85. The van der Waals surface area contributed by atoms with Gasteiger partial charge in [0.2, 0.25) is 5.91 Å². The van der Waals surface area contributed by atoms with Crippen LogP contribution in [0.15, 0.2) is 24.3 Å². The second kappa shape index (κ2) is 7.06. The Labute approximate surface area is 147 Å². The molecule has 0 saturated heterocycles. The molecule has 7 heteroatoms. The summed E-state index contributed by atoms with van der Waals surface area (Å²) >= 11 is 0. The largest absolute Gasteiger partial charge is 0.327 e. The van der Waals surface area contributed by atoms with Crippen LogP contribution in [0.2, 0.25) is 0 Å². The van der Waals surface area contributed by atoms with Gasteiger partial charge < -0.3 is 9.88 Å². The Balaban J connectivity index is 1.68. The highest BCUT2D eigenvalue weighted by Crippen LogP contribution is 2.18. The molecule has 0 aliphatic rings. The number of hydrogen-bond acceptors (Lipinski definition) is 4. The highest BCUT2D eigenvalue weighted by molar-refractivity contribution is 5.93. The van der Waals surface area contributed by atoms with E-state index in [1.165, 1.54) is 0 Å². The number of imidazole rings is 1. The molecule has 3 aromatic rings. The molecular weight excluding hydrogens is 316 g/mol. The first-order chi connectivity index (χ1) is 12.0. The van der Waals surface area contributed by atoms with Crippen molar-refractivity contribution < 1.29 is 4.79 Å². The van der Waals surface area contributed by atoms with Gasteiger partial charge in [-0.2, -0.15) is 5.10 Å². The van der Waals surface area contributed by atoms with Crippen LogP contribution in [0.4, 0.5) is 5.69 Å². The molecule has 7 nitrogen and oxygen atoms in total. The Morgan fingerprint density at radius 1 is 1.32 bits per heavy atom. The van der Waals surface area contributed by atoms with E-state index in [-0.39, 0.29) is 12.5 Å². The fourth-order valence-corrected chi connectivity index (χ4v) is 3.06. The first-order valence-corrected chi connectivity index (χ1v) is 8.43. The molecule has 3 rings (SSSR count). The number of para-hydroxylation sites is 2. The van der Waals surface area contributed by atoms with Crippen LogP contribution in [0, 0.1) is 13.8 Å². The molecule has 0 radical (unpaired) electrons. The molecule has 0 spiro atoms. The van der Waals surface area contributed by atoms with Gasteiger partial charge in [-0.15, -0.1) is 0 Å². The van der Waals surface area contributed by atoms with Crippen molar-refractivity contribution in [2.24, 2.45) is 0 Å². The zero-order chi connectivity index (χ0) is 18.0. The standard InChI is InChI=1S/C18H24N6O/c1-5-24-15-9-7-6-8-14(15)19-16(24)10-23(4)11-17(25)20-18-12(2)21-22-13(18)3/h6-9H,5,10-11H2,1-4H3,(H,20,25)(H,21,22). The van der Waals surface area contributed by atoms with E-state index in [1.807, 2.05) is 44.0 Å². The number of nitrogens with zero attached hydrogens (tertiary/aromatic N) is 4. The minimum atomic E-state index is -0.0609. The maximum Gasteiger partial charge on any atom is 0.238 e. The minimum Gasteiger partial charge on any atom is -0.327 e. The van der Waals surface area contributed by atoms with E-state index < -0.39 is 0 Å². The van der Waals surface area contributed by atoms with Gasteiger partial charge in [-0.05, 0) is 40.0 Å². The predicted octanol–water partition coefficient (Wildman–Crippen LogP) is 2.47. The molecule has 2 heterocycles. The monoisotopic (exact) mass is 340 g/mol.